The van der Waals surface area contributed by atoms with Gasteiger partial charge < -0.3 is 15.4 Å². The molecule has 0 aliphatic carbocycles. The Labute approximate surface area is 97.2 Å². The fraction of sp³-hybridized carbons (Fsp3) is 0.538. The summed E-state index contributed by atoms with van der Waals surface area (Å²) in [6.07, 6.45) is 1.23. The largest absolute Gasteiger partial charge is 0.497 e. The number of likely N-dealkylation sites (tertiary alicyclic amines) is 1. The molecule has 1 aromatic rings. The average Bonchev–Trinajstić information content (AvgIpc) is 2.78. The van der Waals surface area contributed by atoms with Gasteiger partial charge in [-0.25, -0.2) is 0 Å². The second kappa shape index (κ2) is 5.32. The molecule has 88 valence electrons. The first-order valence-electron chi connectivity index (χ1n) is 5.90. The molecule has 1 atom stereocenters. The van der Waals surface area contributed by atoms with Crippen molar-refractivity contribution < 1.29 is 4.74 Å². The lowest BCUT2D eigenvalue weighted by atomic mass is 9.98. The van der Waals surface area contributed by atoms with Crippen molar-refractivity contribution in [2.24, 2.45) is 5.73 Å². The van der Waals surface area contributed by atoms with Crippen LogP contribution in [0.3, 0.4) is 0 Å². The SMILES string of the molecule is COc1cccc(C2CCN(CCN)C2)c1. The van der Waals surface area contributed by atoms with E-state index in [0.29, 0.717) is 5.92 Å². The van der Waals surface area contributed by atoms with Crippen LogP contribution in [0.2, 0.25) is 0 Å². The van der Waals surface area contributed by atoms with E-state index in [1.807, 2.05) is 6.07 Å². The summed E-state index contributed by atoms with van der Waals surface area (Å²) in [4.78, 5) is 2.43. The van der Waals surface area contributed by atoms with Crippen LogP contribution in [0, 0.1) is 0 Å². The summed E-state index contributed by atoms with van der Waals surface area (Å²) in [5.74, 6) is 1.59. The van der Waals surface area contributed by atoms with Gasteiger partial charge in [-0.1, -0.05) is 12.1 Å². The first-order chi connectivity index (χ1) is 7.83. The number of benzene rings is 1. The summed E-state index contributed by atoms with van der Waals surface area (Å²) in [7, 11) is 1.72. The smallest absolute Gasteiger partial charge is 0.119 e. The molecule has 1 heterocycles. The van der Waals surface area contributed by atoms with Crippen LogP contribution in [0.1, 0.15) is 17.9 Å². The summed E-state index contributed by atoms with van der Waals surface area (Å²) >= 11 is 0. The normalized spacial score (nSPS) is 21.2. The maximum atomic E-state index is 5.58. The number of rotatable bonds is 4. The van der Waals surface area contributed by atoms with Crippen LogP contribution in [0.15, 0.2) is 24.3 Å². The molecule has 3 nitrogen and oxygen atoms in total. The monoisotopic (exact) mass is 220 g/mol. The zero-order chi connectivity index (χ0) is 11.4. The Morgan fingerprint density at radius 3 is 3.12 bits per heavy atom. The molecule has 0 radical (unpaired) electrons. The Bertz CT molecular complexity index is 340. The zero-order valence-electron chi connectivity index (χ0n) is 9.86. The maximum absolute atomic E-state index is 5.58. The van der Waals surface area contributed by atoms with E-state index < -0.39 is 0 Å². The van der Waals surface area contributed by atoms with Gasteiger partial charge in [0.15, 0.2) is 0 Å². The quantitative estimate of drug-likeness (QED) is 0.834. The highest BCUT2D eigenvalue weighted by atomic mass is 16.5. The zero-order valence-corrected chi connectivity index (χ0v) is 9.86. The van der Waals surface area contributed by atoms with E-state index in [1.165, 1.54) is 18.5 Å². The molecular weight excluding hydrogens is 200 g/mol. The third kappa shape index (κ3) is 2.54. The van der Waals surface area contributed by atoms with Crippen molar-refractivity contribution in [2.45, 2.75) is 12.3 Å². The molecular formula is C13H20N2O. The van der Waals surface area contributed by atoms with Gasteiger partial charge in [0, 0.05) is 19.6 Å². The predicted molar refractivity (Wildman–Crippen MR) is 65.8 cm³/mol. The molecule has 0 saturated carbocycles. The van der Waals surface area contributed by atoms with E-state index >= 15 is 0 Å². The molecule has 0 spiro atoms. The fourth-order valence-electron chi connectivity index (χ4n) is 2.39. The standard InChI is InChI=1S/C13H20N2O/c1-16-13-4-2-3-11(9-13)12-5-7-15(10-12)8-6-14/h2-4,9,12H,5-8,10,14H2,1H3. The molecule has 1 unspecified atom stereocenters. The molecule has 0 aromatic heterocycles. The summed E-state index contributed by atoms with van der Waals surface area (Å²) < 4.78 is 5.26. The molecule has 1 fully saturated rings. The van der Waals surface area contributed by atoms with Gasteiger partial charge in [0.25, 0.3) is 0 Å². The van der Waals surface area contributed by atoms with Crippen molar-refractivity contribution in [3.05, 3.63) is 29.8 Å². The Balaban J connectivity index is 2.02. The summed E-state index contributed by atoms with van der Waals surface area (Å²) in [6, 6.07) is 8.41. The number of hydrogen-bond acceptors (Lipinski definition) is 3. The van der Waals surface area contributed by atoms with Gasteiger partial charge in [0.2, 0.25) is 0 Å². The van der Waals surface area contributed by atoms with E-state index in [0.717, 1.165) is 25.4 Å². The van der Waals surface area contributed by atoms with Gasteiger partial charge in [0.1, 0.15) is 5.75 Å². The summed E-state index contributed by atoms with van der Waals surface area (Å²) in [5, 5.41) is 0. The summed E-state index contributed by atoms with van der Waals surface area (Å²) in [6.45, 7) is 4.06. The van der Waals surface area contributed by atoms with Crippen molar-refractivity contribution in [3.63, 3.8) is 0 Å². The Kier molecular flexibility index (Phi) is 3.80. The first kappa shape index (κ1) is 11.4. The second-order valence-corrected chi connectivity index (χ2v) is 4.35. The third-order valence-corrected chi connectivity index (χ3v) is 3.28. The van der Waals surface area contributed by atoms with E-state index in [4.69, 9.17) is 10.5 Å². The minimum absolute atomic E-state index is 0.640. The number of methoxy groups -OCH3 is 1. The highest BCUT2D eigenvalue weighted by Crippen LogP contribution is 2.28. The van der Waals surface area contributed by atoms with Crippen molar-refractivity contribution in [1.29, 1.82) is 0 Å². The Morgan fingerprint density at radius 2 is 2.38 bits per heavy atom. The number of hydrogen-bond donors (Lipinski definition) is 1. The Hall–Kier alpha value is -1.06. The maximum Gasteiger partial charge on any atom is 0.119 e. The molecule has 3 heteroatoms. The number of ether oxygens (including phenoxy) is 1. The first-order valence-corrected chi connectivity index (χ1v) is 5.90. The van der Waals surface area contributed by atoms with Crippen LogP contribution < -0.4 is 10.5 Å². The molecule has 0 bridgehead atoms. The van der Waals surface area contributed by atoms with Crippen LogP contribution in [-0.2, 0) is 0 Å². The van der Waals surface area contributed by atoms with Crippen LogP contribution >= 0.6 is 0 Å². The van der Waals surface area contributed by atoms with E-state index in [1.54, 1.807) is 7.11 Å². The number of nitrogens with two attached hydrogens (primary N) is 1. The van der Waals surface area contributed by atoms with Crippen molar-refractivity contribution >= 4 is 0 Å². The molecule has 0 amide bonds. The lowest BCUT2D eigenvalue weighted by Gasteiger charge is -2.15. The van der Waals surface area contributed by atoms with Crippen LogP contribution in [0.4, 0.5) is 0 Å². The minimum atomic E-state index is 0.640. The molecule has 2 N–H and O–H groups in total. The van der Waals surface area contributed by atoms with Crippen molar-refractivity contribution in [3.8, 4) is 5.75 Å². The van der Waals surface area contributed by atoms with Gasteiger partial charge >= 0.3 is 0 Å². The highest BCUT2D eigenvalue weighted by Gasteiger charge is 2.23. The van der Waals surface area contributed by atoms with E-state index in [2.05, 4.69) is 23.1 Å². The van der Waals surface area contributed by atoms with E-state index in [9.17, 15) is 0 Å². The molecule has 1 aliphatic heterocycles. The average molecular weight is 220 g/mol. The van der Waals surface area contributed by atoms with Crippen LogP contribution in [0.5, 0.6) is 5.75 Å². The van der Waals surface area contributed by atoms with Crippen LogP contribution in [-0.4, -0.2) is 38.2 Å². The molecule has 16 heavy (non-hydrogen) atoms. The molecule has 1 aromatic carbocycles. The van der Waals surface area contributed by atoms with E-state index in [-0.39, 0.29) is 0 Å². The fourth-order valence-corrected chi connectivity index (χ4v) is 2.39. The summed E-state index contributed by atoms with van der Waals surface area (Å²) in [5.41, 5.74) is 6.96. The van der Waals surface area contributed by atoms with Crippen LogP contribution in [0.25, 0.3) is 0 Å². The second-order valence-electron chi connectivity index (χ2n) is 4.35. The van der Waals surface area contributed by atoms with Gasteiger partial charge in [-0.15, -0.1) is 0 Å². The Morgan fingerprint density at radius 1 is 1.50 bits per heavy atom. The lowest BCUT2D eigenvalue weighted by Crippen LogP contribution is -2.26. The molecule has 1 saturated heterocycles. The van der Waals surface area contributed by atoms with Gasteiger partial charge in [0.05, 0.1) is 7.11 Å². The number of nitrogens with zero attached hydrogens (tertiary/aromatic N) is 1. The minimum Gasteiger partial charge on any atom is -0.497 e. The predicted octanol–water partition coefficient (Wildman–Crippen LogP) is 1.44. The van der Waals surface area contributed by atoms with Gasteiger partial charge in [-0.3, -0.25) is 0 Å². The third-order valence-electron chi connectivity index (χ3n) is 3.28. The lowest BCUT2D eigenvalue weighted by molar-refractivity contribution is 0.344. The molecule has 2 rings (SSSR count). The van der Waals surface area contributed by atoms with Crippen molar-refractivity contribution in [2.75, 3.05) is 33.3 Å². The van der Waals surface area contributed by atoms with Gasteiger partial charge in [-0.05, 0) is 36.6 Å². The van der Waals surface area contributed by atoms with Crippen molar-refractivity contribution in [1.82, 2.24) is 4.90 Å². The molecule has 1 aliphatic rings. The highest BCUT2D eigenvalue weighted by molar-refractivity contribution is 5.31. The van der Waals surface area contributed by atoms with Gasteiger partial charge in [-0.2, -0.15) is 0 Å². The topological polar surface area (TPSA) is 38.5 Å².